The Kier molecular flexibility index (Phi) is 5.93. The van der Waals surface area contributed by atoms with Gasteiger partial charge in [0.25, 0.3) is 0 Å². The monoisotopic (exact) mass is 322 g/mol. The van der Waals surface area contributed by atoms with Gasteiger partial charge < -0.3 is 10.1 Å². The van der Waals surface area contributed by atoms with E-state index in [2.05, 4.69) is 24.1 Å². The molecule has 0 spiro atoms. The molecular formula is C13H20Cl2N2OS. The Morgan fingerprint density at radius 2 is 2.05 bits per heavy atom. The van der Waals surface area contributed by atoms with Gasteiger partial charge in [-0.05, 0) is 25.5 Å². The van der Waals surface area contributed by atoms with Gasteiger partial charge in [0.15, 0.2) is 0 Å². The van der Waals surface area contributed by atoms with Gasteiger partial charge in [-0.15, -0.1) is 11.3 Å². The summed E-state index contributed by atoms with van der Waals surface area (Å²) < 4.78 is 6.88. The highest BCUT2D eigenvalue weighted by atomic mass is 35.5. The summed E-state index contributed by atoms with van der Waals surface area (Å²) in [5.74, 6) is 0. The van der Waals surface area contributed by atoms with Crippen molar-refractivity contribution < 1.29 is 4.74 Å². The normalized spacial score (nSPS) is 20.4. The first-order valence-corrected chi connectivity index (χ1v) is 8.14. The number of nitrogens with zero attached hydrogens (tertiary/aromatic N) is 1. The van der Waals surface area contributed by atoms with Crippen LogP contribution >= 0.6 is 34.5 Å². The number of hydrogen-bond donors (Lipinski definition) is 1. The number of morpholine rings is 1. The van der Waals surface area contributed by atoms with Gasteiger partial charge in [0.1, 0.15) is 0 Å². The predicted octanol–water partition coefficient (Wildman–Crippen LogP) is 3.43. The molecule has 2 atom stereocenters. The largest absolute Gasteiger partial charge is 0.379 e. The van der Waals surface area contributed by atoms with Gasteiger partial charge in [0, 0.05) is 31.7 Å². The van der Waals surface area contributed by atoms with Gasteiger partial charge in [-0.25, -0.2) is 0 Å². The molecular weight excluding hydrogens is 303 g/mol. The van der Waals surface area contributed by atoms with E-state index in [9.17, 15) is 0 Å². The van der Waals surface area contributed by atoms with Crippen LogP contribution in [0.25, 0.3) is 0 Å². The van der Waals surface area contributed by atoms with Gasteiger partial charge in [-0.1, -0.05) is 23.2 Å². The van der Waals surface area contributed by atoms with Crippen molar-refractivity contribution in [3.05, 3.63) is 20.3 Å². The van der Waals surface area contributed by atoms with E-state index in [1.54, 1.807) is 0 Å². The van der Waals surface area contributed by atoms with Crippen LogP contribution in [-0.2, 0) is 4.74 Å². The maximum Gasteiger partial charge on any atom is 0.0991 e. The van der Waals surface area contributed by atoms with E-state index in [0.717, 1.165) is 47.1 Å². The van der Waals surface area contributed by atoms with Gasteiger partial charge in [-0.3, -0.25) is 4.90 Å². The molecule has 1 saturated heterocycles. The lowest BCUT2D eigenvalue weighted by molar-refractivity contribution is 0.0339. The summed E-state index contributed by atoms with van der Waals surface area (Å²) >= 11 is 13.6. The third kappa shape index (κ3) is 4.59. The van der Waals surface area contributed by atoms with E-state index in [1.807, 2.05) is 6.07 Å². The van der Waals surface area contributed by atoms with E-state index in [0.29, 0.717) is 6.04 Å². The van der Waals surface area contributed by atoms with Crippen LogP contribution in [-0.4, -0.2) is 43.8 Å². The van der Waals surface area contributed by atoms with Crippen LogP contribution in [0.15, 0.2) is 6.07 Å². The molecule has 108 valence electrons. The molecule has 3 nitrogen and oxygen atoms in total. The highest BCUT2D eigenvalue weighted by molar-refractivity contribution is 7.20. The lowest BCUT2D eigenvalue weighted by Crippen LogP contribution is -2.44. The number of hydrogen-bond acceptors (Lipinski definition) is 4. The Labute approximate surface area is 128 Å². The minimum atomic E-state index is 0.215. The van der Waals surface area contributed by atoms with Gasteiger partial charge in [0.2, 0.25) is 0 Å². The van der Waals surface area contributed by atoms with Crippen LogP contribution in [0.3, 0.4) is 0 Å². The van der Waals surface area contributed by atoms with E-state index >= 15 is 0 Å². The second-order valence-electron chi connectivity index (χ2n) is 4.98. The summed E-state index contributed by atoms with van der Waals surface area (Å²) in [5.41, 5.74) is 1.09. The van der Waals surface area contributed by atoms with Crippen molar-refractivity contribution in [3.8, 4) is 0 Å². The minimum absolute atomic E-state index is 0.215. The SMILES string of the molecule is CC(CN1CCOCC1)NC(C)c1cc(Cl)sc1Cl. The molecule has 0 aliphatic carbocycles. The van der Waals surface area contributed by atoms with Gasteiger partial charge in [0.05, 0.1) is 21.9 Å². The fraction of sp³-hybridized carbons (Fsp3) is 0.692. The van der Waals surface area contributed by atoms with E-state index in [4.69, 9.17) is 27.9 Å². The second kappa shape index (κ2) is 7.25. The summed E-state index contributed by atoms with van der Waals surface area (Å²) in [6, 6.07) is 2.57. The molecule has 0 aromatic carbocycles. The van der Waals surface area contributed by atoms with Gasteiger partial charge in [-0.2, -0.15) is 0 Å². The molecule has 2 heterocycles. The fourth-order valence-electron chi connectivity index (χ4n) is 2.39. The van der Waals surface area contributed by atoms with Crippen LogP contribution in [0.5, 0.6) is 0 Å². The zero-order valence-electron chi connectivity index (χ0n) is 11.3. The summed E-state index contributed by atoms with van der Waals surface area (Å²) in [6.07, 6.45) is 0. The maximum atomic E-state index is 6.18. The molecule has 1 aromatic rings. The third-order valence-electron chi connectivity index (χ3n) is 3.32. The molecule has 1 fully saturated rings. The molecule has 1 aliphatic heterocycles. The number of thiophene rings is 1. The Morgan fingerprint density at radius 1 is 1.37 bits per heavy atom. The average molecular weight is 323 g/mol. The minimum Gasteiger partial charge on any atom is -0.379 e. The molecule has 0 amide bonds. The molecule has 2 unspecified atom stereocenters. The smallest absolute Gasteiger partial charge is 0.0991 e. The average Bonchev–Trinajstić information content (AvgIpc) is 2.69. The van der Waals surface area contributed by atoms with Crippen molar-refractivity contribution in [1.29, 1.82) is 0 Å². The lowest BCUT2D eigenvalue weighted by atomic mass is 10.1. The maximum absolute atomic E-state index is 6.18. The van der Waals surface area contributed by atoms with Crippen molar-refractivity contribution in [2.45, 2.75) is 25.9 Å². The molecule has 0 saturated carbocycles. The molecule has 6 heteroatoms. The van der Waals surface area contributed by atoms with Crippen LogP contribution in [0, 0.1) is 0 Å². The second-order valence-corrected chi connectivity index (χ2v) is 7.27. The quantitative estimate of drug-likeness (QED) is 0.898. The summed E-state index contributed by atoms with van der Waals surface area (Å²) in [7, 11) is 0. The Bertz CT molecular complexity index is 407. The zero-order valence-corrected chi connectivity index (χ0v) is 13.6. The Hall–Kier alpha value is 0.160. The highest BCUT2D eigenvalue weighted by Crippen LogP contribution is 2.34. The summed E-state index contributed by atoms with van der Waals surface area (Å²) in [4.78, 5) is 2.43. The number of ether oxygens (including phenoxy) is 1. The van der Waals surface area contributed by atoms with Crippen LogP contribution in [0.4, 0.5) is 0 Å². The lowest BCUT2D eigenvalue weighted by Gasteiger charge is -2.30. The molecule has 19 heavy (non-hydrogen) atoms. The molecule has 1 aliphatic rings. The van der Waals surface area contributed by atoms with Crippen LogP contribution in [0.1, 0.15) is 25.5 Å². The third-order valence-corrected chi connectivity index (χ3v) is 4.84. The number of halogens is 2. The fourth-order valence-corrected chi connectivity index (χ4v) is 4.03. The van der Waals surface area contributed by atoms with Crippen LogP contribution in [0.2, 0.25) is 8.67 Å². The molecule has 0 radical (unpaired) electrons. The number of rotatable bonds is 5. The van der Waals surface area contributed by atoms with Gasteiger partial charge >= 0.3 is 0 Å². The van der Waals surface area contributed by atoms with E-state index in [-0.39, 0.29) is 6.04 Å². The van der Waals surface area contributed by atoms with Crippen molar-refractivity contribution in [3.63, 3.8) is 0 Å². The van der Waals surface area contributed by atoms with Crippen molar-refractivity contribution in [2.75, 3.05) is 32.8 Å². The summed E-state index contributed by atoms with van der Waals surface area (Å²) in [5, 5.41) is 3.58. The highest BCUT2D eigenvalue weighted by Gasteiger charge is 2.18. The van der Waals surface area contributed by atoms with E-state index in [1.165, 1.54) is 11.3 Å². The first-order valence-electron chi connectivity index (χ1n) is 6.57. The number of nitrogens with one attached hydrogen (secondary N) is 1. The molecule has 1 N–H and O–H groups in total. The van der Waals surface area contributed by atoms with Crippen molar-refractivity contribution in [2.24, 2.45) is 0 Å². The van der Waals surface area contributed by atoms with Crippen molar-refractivity contribution >= 4 is 34.5 Å². The first-order chi connectivity index (χ1) is 9.06. The van der Waals surface area contributed by atoms with Crippen LogP contribution < -0.4 is 5.32 Å². The van der Waals surface area contributed by atoms with E-state index < -0.39 is 0 Å². The Morgan fingerprint density at radius 3 is 2.63 bits per heavy atom. The predicted molar refractivity (Wildman–Crippen MR) is 82.6 cm³/mol. The topological polar surface area (TPSA) is 24.5 Å². The Balaban J connectivity index is 1.84. The molecule has 0 bridgehead atoms. The summed E-state index contributed by atoms with van der Waals surface area (Å²) in [6.45, 7) is 9.08. The standard InChI is InChI=1S/C13H20Cl2N2OS/c1-9(8-17-3-5-18-6-4-17)16-10(2)11-7-12(14)19-13(11)15/h7,9-10,16H,3-6,8H2,1-2H3. The van der Waals surface area contributed by atoms with Crippen molar-refractivity contribution in [1.82, 2.24) is 10.2 Å². The first kappa shape index (κ1) is 15.5. The molecule has 2 rings (SSSR count). The molecule has 1 aromatic heterocycles. The zero-order chi connectivity index (χ0) is 13.8.